The number of benzene rings is 5. The topological polar surface area (TPSA) is 20.2 Å². The van der Waals surface area contributed by atoms with E-state index in [2.05, 4.69) is 84.9 Å². The van der Waals surface area contributed by atoms with Gasteiger partial charge in [0.1, 0.15) is 5.75 Å². The molecule has 0 saturated carbocycles. The molecular weight excluding hydrogens is 352 g/mol. The zero-order chi connectivity index (χ0) is 19.6. The van der Waals surface area contributed by atoms with Gasteiger partial charge in [-0.25, -0.2) is 0 Å². The van der Waals surface area contributed by atoms with E-state index in [4.69, 9.17) is 0 Å². The third-order valence-electron chi connectivity index (χ3n) is 5.40. The van der Waals surface area contributed by atoms with Gasteiger partial charge in [0.25, 0.3) is 0 Å². The van der Waals surface area contributed by atoms with Crippen LogP contribution in [0.3, 0.4) is 0 Å². The van der Waals surface area contributed by atoms with E-state index < -0.39 is 0 Å². The number of hydrogen-bond donors (Lipinski definition) is 1. The Morgan fingerprint density at radius 1 is 0.414 bits per heavy atom. The molecule has 0 spiro atoms. The van der Waals surface area contributed by atoms with Gasteiger partial charge in [-0.3, -0.25) is 0 Å². The summed E-state index contributed by atoms with van der Waals surface area (Å²) in [5.74, 6) is 0.293. The van der Waals surface area contributed by atoms with Crippen molar-refractivity contribution in [3.63, 3.8) is 0 Å². The lowest BCUT2D eigenvalue weighted by Gasteiger charge is -2.16. The van der Waals surface area contributed by atoms with Crippen LogP contribution in [0.1, 0.15) is 0 Å². The Kier molecular flexibility index (Phi) is 4.34. The van der Waals surface area contributed by atoms with Crippen LogP contribution in [0.2, 0.25) is 0 Å². The molecule has 0 heterocycles. The molecule has 5 rings (SSSR count). The van der Waals surface area contributed by atoms with Crippen LogP contribution in [0.5, 0.6) is 5.75 Å². The molecular formula is C28H20O. The molecule has 0 amide bonds. The molecule has 0 aromatic heterocycles. The Morgan fingerprint density at radius 2 is 1.10 bits per heavy atom. The summed E-state index contributed by atoms with van der Waals surface area (Å²) in [5.41, 5.74) is 6.49. The van der Waals surface area contributed by atoms with Gasteiger partial charge < -0.3 is 5.11 Å². The van der Waals surface area contributed by atoms with E-state index in [-0.39, 0.29) is 0 Å². The maximum Gasteiger partial charge on any atom is 0.123 e. The van der Waals surface area contributed by atoms with E-state index in [1.165, 1.54) is 21.9 Å². The van der Waals surface area contributed by atoms with Gasteiger partial charge in [-0.05, 0) is 50.7 Å². The summed E-state index contributed by atoms with van der Waals surface area (Å²) in [7, 11) is 0. The van der Waals surface area contributed by atoms with E-state index in [1.54, 1.807) is 6.07 Å². The van der Waals surface area contributed by atoms with Crippen LogP contribution >= 0.6 is 0 Å². The molecule has 0 aliphatic rings. The second kappa shape index (κ2) is 7.29. The summed E-state index contributed by atoms with van der Waals surface area (Å²) in [6.45, 7) is 0. The fourth-order valence-electron chi connectivity index (χ4n) is 3.97. The van der Waals surface area contributed by atoms with Crippen molar-refractivity contribution in [1.82, 2.24) is 0 Å². The summed E-state index contributed by atoms with van der Waals surface area (Å²) in [5, 5.41) is 12.9. The van der Waals surface area contributed by atoms with Gasteiger partial charge in [0.2, 0.25) is 0 Å². The molecule has 0 saturated heterocycles. The van der Waals surface area contributed by atoms with Crippen molar-refractivity contribution in [2.45, 2.75) is 0 Å². The van der Waals surface area contributed by atoms with E-state index >= 15 is 0 Å². The predicted octanol–water partition coefficient (Wildman–Crippen LogP) is 7.55. The highest BCUT2D eigenvalue weighted by Crippen LogP contribution is 2.41. The Bertz CT molecular complexity index is 1300. The SMILES string of the molecule is Oc1ccccc1-c1ccc(-c2ccccc2)cc1-c1cccc2ccccc12. The average molecular weight is 372 g/mol. The molecule has 0 fully saturated rings. The van der Waals surface area contributed by atoms with Gasteiger partial charge in [0.05, 0.1) is 0 Å². The summed E-state index contributed by atoms with van der Waals surface area (Å²) >= 11 is 0. The monoisotopic (exact) mass is 372 g/mol. The molecule has 0 unspecified atom stereocenters. The van der Waals surface area contributed by atoms with Crippen LogP contribution < -0.4 is 0 Å². The first-order valence-corrected chi connectivity index (χ1v) is 9.77. The Labute approximate surface area is 170 Å². The number of para-hydroxylation sites is 1. The van der Waals surface area contributed by atoms with Gasteiger partial charge in [0.15, 0.2) is 0 Å². The first-order chi connectivity index (χ1) is 14.3. The highest BCUT2D eigenvalue weighted by molar-refractivity contribution is 6.01. The fraction of sp³-hybridized carbons (Fsp3) is 0. The zero-order valence-corrected chi connectivity index (χ0v) is 15.9. The molecule has 0 bridgehead atoms. The third kappa shape index (κ3) is 3.17. The molecule has 0 radical (unpaired) electrons. The second-order valence-corrected chi connectivity index (χ2v) is 7.17. The zero-order valence-electron chi connectivity index (χ0n) is 15.9. The normalized spacial score (nSPS) is 10.9. The molecule has 0 atom stereocenters. The third-order valence-corrected chi connectivity index (χ3v) is 5.40. The van der Waals surface area contributed by atoms with Gasteiger partial charge in [0, 0.05) is 5.56 Å². The number of fused-ring (bicyclic) bond motifs is 1. The largest absolute Gasteiger partial charge is 0.507 e. The van der Waals surface area contributed by atoms with Crippen molar-refractivity contribution in [1.29, 1.82) is 0 Å². The van der Waals surface area contributed by atoms with E-state index in [9.17, 15) is 5.11 Å². The molecule has 1 nitrogen and oxygen atoms in total. The summed E-state index contributed by atoms with van der Waals surface area (Å²) in [6, 6.07) is 39.3. The maximum atomic E-state index is 10.5. The lowest BCUT2D eigenvalue weighted by Crippen LogP contribution is -1.89. The van der Waals surface area contributed by atoms with Crippen LogP contribution in [0.25, 0.3) is 44.2 Å². The van der Waals surface area contributed by atoms with E-state index in [0.29, 0.717) is 5.75 Å². The van der Waals surface area contributed by atoms with Crippen LogP contribution in [0.15, 0.2) is 115 Å². The van der Waals surface area contributed by atoms with Crippen LogP contribution in [-0.4, -0.2) is 5.11 Å². The molecule has 5 aromatic carbocycles. The van der Waals surface area contributed by atoms with Gasteiger partial charge in [-0.2, -0.15) is 0 Å². The molecule has 0 aliphatic carbocycles. The minimum absolute atomic E-state index is 0.293. The summed E-state index contributed by atoms with van der Waals surface area (Å²) in [4.78, 5) is 0. The highest BCUT2D eigenvalue weighted by Gasteiger charge is 2.14. The van der Waals surface area contributed by atoms with Crippen molar-refractivity contribution < 1.29 is 5.11 Å². The van der Waals surface area contributed by atoms with Crippen molar-refractivity contribution in [2.75, 3.05) is 0 Å². The van der Waals surface area contributed by atoms with Crippen molar-refractivity contribution in [3.05, 3.63) is 115 Å². The summed E-state index contributed by atoms with van der Waals surface area (Å²) in [6.07, 6.45) is 0. The van der Waals surface area contributed by atoms with Crippen LogP contribution in [0, 0.1) is 0 Å². The minimum Gasteiger partial charge on any atom is -0.507 e. The number of phenols is 1. The first kappa shape index (κ1) is 17.3. The molecule has 1 heteroatoms. The van der Waals surface area contributed by atoms with Crippen molar-refractivity contribution in [3.8, 4) is 39.1 Å². The minimum atomic E-state index is 0.293. The highest BCUT2D eigenvalue weighted by atomic mass is 16.3. The number of rotatable bonds is 3. The summed E-state index contributed by atoms with van der Waals surface area (Å²) < 4.78 is 0. The van der Waals surface area contributed by atoms with E-state index in [0.717, 1.165) is 22.3 Å². The Hall–Kier alpha value is -3.84. The standard InChI is InChI=1S/C28H20O/c29-28-16-7-6-14-26(28)25-18-17-22(20-9-2-1-3-10-20)19-27(25)24-15-8-12-21-11-4-5-13-23(21)24/h1-19,29H. The molecule has 0 aliphatic heterocycles. The maximum absolute atomic E-state index is 10.5. The smallest absolute Gasteiger partial charge is 0.123 e. The fourth-order valence-corrected chi connectivity index (χ4v) is 3.97. The lowest BCUT2D eigenvalue weighted by atomic mass is 9.88. The molecule has 5 aromatic rings. The Balaban J connectivity index is 1.82. The van der Waals surface area contributed by atoms with E-state index in [1.807, 2.05) is 24.3 Å². The lowest BCUT2D eigenvalue weighted by molar-refractivity contribution is 0.477. The van der Waals surface area contributed by atoms with Crippen LogP contribution in [-0.2, 0) is 0 Å². The number of hydrogen-bond acceptors (Lipinski definition) is 1. The Morgan fingerprint density at radius 3 is 1.97 bits per heavy atom. The predicted molar refractivity (Wildman–Crippen MR) is 122 cm³/mol. The molecule has 29 heavy (non-hydrogen) atoms. The van der Waals surface area contributed by atoms with Gasteiger partial charge >= 0.3 is 0 Å². The second-order valence-electron chi connectivity index (χ2n) is 7.17. The van der Waals surface area contributed by atoms with Crippen molar-refractivity contribution >= 4 is 10.8 Å². The first-order valence-electron chi connectivity index (χ1n) is 9.77. The van der Waals surface area contributed by atoms with Crippen molar-refractivity contribution in [2.24, 2.45) is 0 Å². The van der Waals surface area contributed by atoms with Crippen LogP contribution in [0.4, 0.5) is 0 Å². The van der Waals surface area contributed by atoms with Gasteiger partial charge in [-0.1, -0.05) is 103 Å². The molecule has 1 N–H and O–H groups in total. The van der Waals surface area contributed by atoms with Gasteiger partial charge in [-0.15, -0.1) is 0 Å². The quantitative estimate of drug-likeness (QED) is 0.347. The average Bonchev–Trinajstić information content (AvgIpc) is 2.79. The number of phenolic OH excluding ortho intramolecular Hbond substituents is 1. The molecule has 138 valence electrons. The number of aromatic hydroxyl groups is 1.